The number of hydrogen-bond acceptors (Lipinski definition) is 4. The Morgan fingerprint density at radius 1 is 1.39 bits per heavy atom. The summed E-state index contributed by atoms with van der Waals surface area (Å²) in [4.78, 5) is 11.7. The van der Waals surface area contributed by atoms with Gasteiger partial charge in [-0.15, -0.1) is 0 Å². The van der Waals surface area contributed by atoms with Crippen LogP contribution in [-0.2, 0) is 4.79 Å². The molecule has 1 aromatic carbocycles. The molecule has 0 fully saturated rings. The van der Waals surface area contributed by atoms with Gasteiger partial charge in [0, 0.05) is 11.1 Å². The zero-order valence-electron chi connectivity index (χ0n) is 10.3. The van der Waals surface area contributed by atoms with Gasteiger partial charge in [0.1, 0.15) is 11.9 Å². The summed E-state index contributed by atoms with van der Waals surface area (Å²) in [6.07, 6.45) is -0.790. The van der Waals surface area contributed by atoms with E-state index in [1.54, 1.807) is 31.2 Å². The largest absolute Gasteiger partial charge is 0.507 e. The predicted molar refractivity (Wildman–Crippen MR) is 67.7 cm³/mol. The first-order chi connectivity index (χ1) is 8.51. The Balaban J connectivity index is 3.07. The SMILES string of the molecule is CCC(O)C(=O)C(C)=C(O)c1ccc(C#N)cc1. The van der Waals surface area contributed by atoms with Crippen LogP contribution in [0.25, 0.3) is 5.76 Å². The smallest absolute Gasteiger partial charge is 0.190 e. The lowest BCUT2D eigenvalue weighted by Crippen LogP contribution is -2.20. The number of aliphatic hydroxyl groups excluding tert-OH is 2. The van der Waals surface area contributed by atoms with Crippen LogP contribution in [0.3, 0.4) is 0 Å². The summed E-state index contributed by atoms with van der Waals surface area (Å²) in [6.45, 7) is 3.16. The van der Waals surface area contributed by atoms with Crippen molar-refractivity contribution in [2.75, 3.05) is 0 Å². The first kappa shape index (κ1) is 13.9. The highest BCUT2D eigenvalue weighted by Crippen LogP contribution is 2.18. The molecule has 0 saturated carbocycles. The van der Waals surface area contributed by atoms with Crippen LogP contribution >= 0.6 is 0 Å². The van der Waals surface area contributed by atoms with Crippen LogP contribution < -0.4 is 0 Å². The van der Waals surface area contributed by atoms with Gasteiger partial charge in [-0.2, -0.15) is 5.26 Å². The molecule has 4 heteroatoms. The molecule has 1 rings (SSSR count). The minimum absolute atomic E-state index is 0.119. The molecule has 0 aliphatic heterocycles. The van der Waals surface area contributed by atoms with Crippen molar-refractivity contribution >= 4 is 11.5 Å². The van der Waals surface area contributed by atoms with Crippen LogP contribution in [0.5, 0.6) is 0 Å². The van der Waals surface area contributed by atoms with Gasteiger partial charge < -0.3 is 10.2 Å². The molecule has 18 heavy (non-hydrogen) atoms. The number of benzene rings is 1. The Hall–Kier alpha value is -2.12. The molecule has 0 spiro atoms. The van der Waals surface area contributed by atoms with Gasteiger partial charge in [-0.05, 0) is 37.6 Å². The maximum absolute atomic E-state index is 11.7. The third-order valence-electron chi connectivity index (χ3n) is 2.70. The second kappa shape index (κ2) is 5.99. The van der Waals surface area contributed by atoms with Gasteiger partial charge in [0.05, 0.1) is 11.6 Å². The van der Waals surface area contributed by atoms with E-state index < -0.39 is 11.9 Å². The maximum Gasteiger partial charge on any atom is 0.190 e. The topological polar surface area (TPSA) is 81.3 Å². The molecular formula is C14H15NO3. The molecule has 0 saturated heterocycles. The fourth-order valence-corrected chi connectivity index (χ4v) is 1.47. The monoisotopic (exact) mass is 245 g/mol. The summed E-state index contributed by atoms with van der Waals surface area (Å²) in [5.74, 6) is -0.656. The normalized spacial score (nSPS) is 13.4. The van der Waals surface area contributed by atoms with Crippen LogP contribution in [0.15, 0.2) is 29.8 Å². The number of hydrogen-bond donors (Lipinski definition) is 2. The Labute approximate surface area is 106 Å². The number of rotatable bonds is 4. The average molecular weight is 245 g/mol. The van der Waals surface area contributed by atoms with Gasteiger partial charge in [-0.3, -0.25) is 4.79 Å². The lowest BCUT2D eigenvalue weighted by molar-refractivity contribution is -0.123. The number of carbonyl (C=O) groups excluding carboxylic acids is 1. The van der Waals surface area contributed by atoms with Gasteiger partial charge in [0.2, 0.25) is 0 Å². The van der Waals surface area contributed by atoms with Gasteiger partial charge in [0.15, 0.2) is 5.78 Å². The summed E-state index contributed by atoms with van der Waals surface area (Å²) in [5.41, 5.74) is 1.04. The highest BCUT2D eigenvalue weighted by Gasteiger charge is 2.18. The molecule has 0 heterocycles. The Morgan fingerprint density at radius 3 is 2.39 bits per heavy atom. The standard InChI is InChI=1S/C14H15NO3/c1-3-12(16)14(18)9(2)13(17)11-6-4-10(8-15)5-7-11/h4-7,12,16-17H,3H2,1-2H3. The van der Waals surface area contributed by atoms with Crippen molar-refractivity contribution in [3.05, 3.63) is 41.0 Å². The molecule has 0 aliphatic rings. The molecule has 94 valence electrons. The summed E-state index contributed by atoms with van der Waals surface area (Å²) >= 11 is 0. The van der Waals surface area contributed by atoms with Crippen molar-refractivity contribution in [3.8, 4) is 6.07 Å². The second-order valence-corrected chi connectivity index (χ2v) is 3.95. The minimum Gasteiger partial charge on any atom is -0.507 e. The van der Waals surface area contributed by atoms with Crippen molar-refractivity contribution in [2.45, 2.75) is 26.4 Å². The molecule has 0 aromatic heterocycles. The fourth-order valence-electron chi connectivity index (χ4n) is 1.47. The van der Waals surface area contributed by atoms with Crippen molar-refractivity contribution in [2.24, 2.45) is 0 Å². The molecule has 4 nitrogen and oxygen atoms in total. The number of ketones is 1. The van der Waals surface area contributed by atoms with Crippen molar-refractivity contribution in [1.82, 2.24) is 0 Å². The quantitative estimate of drug-likeness (QED) is 0.629. The van der Waals surface area contributed by atoms with Crippen molar-refractivity contribution < 1.29 is 15.0 Å². The zero-order chi connectivity index (χ0) is 13.7. The van der Waals surface area contributed by atoms with Crippen molar-refractivity contribution in [3.63, 3.8) is 0 Å². The third kappa shape index (κ3) is 2.96. The summed E-state index contributed by atoms with van der Waals surface area (Å²) in [5, 5.41) is 28.0. The van der Waals surface area contributed by atoms with Crippen LogP contribution in [-0.4, -0.2) is 22.1 Å². The molecule has 1 unspecified atom stereocenters. The van der Waals surface area contributed by atoms with E-state index in [4.69, 9.17) is 5.26 Å². The molecule has 0 radical (unpaired) electrons. The third-order valence-corrected chi connectivity index (χ3v) is 2.70. The van der Waals surface area contributed by atoms with E-state index in [1.807, 2.05) is 6.07 Å². The molecular weight excluding hydrogens is 230 g/mol. The minimum atomic E-state index is -1.09. The number of nitrogens with zero attached hydrogens (tertiary/aromatic N) is 1. The van der Waals surface area contributed by atoms with Crippen LogP contribution in [0.1, 0.15) is 31.4 Å². The lowest BCUT2D eigenvalue weighted by Gasteiger charge is -2.09. The summed E-state index contributed by atoms with van der Waals surface area (Å²) in [7, 11) is 0. The number of Topliss-reactive ketones (excluding diaryl/α,β-unsaturated/α-hetero) is 1. The average Bonchev–Trinajstić information content (AvgIpc) is 2.44. The molecule has 1 atom stereocenters. The van der Waals surface area contributed by atoms with E-state index in [9.17, 15) is 15.0 Å². The van der Waals surface area contributed by atoms with E-state index >= 15 is 0 Å². The van der Waals surface area contributed by atoms with E-state index in [1.165, 1.54) is 6.92 Å². The van der Waals surface area contributed by atoms with Gasteiger partial charge in [-0.25, -0.2) is 0 Å². The molecule has 0 aliphatic carbocycles. The Kier molecular flexibility index (Phi) is 4.64. The zero-order valence-corrected chi connectivity index (χ0v) is 10.3. The Morgan fingerprint density at radius 2 is 1.94 bits per heavy atom. The summed E-state index contributed by atoms with van der Waals surface area (Å²) in [6, 6.07) is 8.20. The number of aliphatic hydroxyl groups is 2. The fraction of sp³-hybridized carbons (Fsp3) is 0.286. The van der Waals surface area contributed by atoms with E-state index in [0.29, 0.717) is 17.5 Å². The number of nitriles is 1. The van der Waals surface area contributed by atoms with Crippen LogP contribution in [0.4, 0.5) is 0 Å². The first-order valence-electron chi connectivity index (χ1n) is 5.63. The van der Waals surface area contributed by atoms with Gasteiger partial charge in [0.25, 0.3) is 0 Å². The number of carbonyl (C=O) groups is 1. The molecule has 1 aromatic rings. The molecule has 0 bridgehead atoms. The maximum atomic E-state index is 11.7. The van der Waals surface area contributed by atoms with Gasteiger partial charge >= 0.3 is 0 Å². The van der Waals surface area contributed by atoms with E-state index in [2.05, 4.69) is 0 Å². The highest BCUT2D eigenvalue weighted by molar-refractivity contribution is 6.03. The van der Waals surface area contributed by atoms with Gasteiger partial charge in [-0.1, -0.05) is 6.92 Å². The van der Waals surface area contributed by atoms with Crippen molar-refractivity contribution in [1.29, 1.82) is 5.26 Å². The van der Waals surface area contributed by atoms with Crippen LogP contribution in [0, 0.1) is 11.3 Å². The first-order valence-corrected chi connectivity index (χ1v) is 5.63. The van der Waals surface area contributed by atoms with Crippen LogP contribution in [0.2, 0.25) is 0 Å². The molecule has 2 N–H and O–H groups in total. The summed E-state index contributed by atoms with van der Waals surface area (Å²) < 4.78 is 0. The van der Waals surface area contributed by atoms with E-state index in [-0.39, 0.29) is 11.3 Å². The highest BCUT2D eigenvalue weighted by atomic mass is 16.3. The second-order valence-electron chi connectivity index (χ2n) is 3.95. The lowest BCUT2D eigenvalue weighted by atomic mass is 10.0. The Bertz CT molecular complexity index is 509. The molecule has 0 amide bonds. The predicted octanol–water partition coefficient (Wildman–Crippen LogP) is 2.19. The van der Waals surface area contributed by atoms with E-state index in [0.717, 1.165) is 0 Å².